The molecular weight excluding hydrogens is 1290 g/mol. The Kier molecular flexibility index (Phi) is 23.7. The lowest BCUT2D eigenvalue weighted by Crippen LogP contribution is -2.67. The van der Waals surface area contributed by atoms with Gasteiger partial charge in [-0.2, -0.15) is 0 Å². The second-order valence-electron chi connectivity index (χ2n) is 30.1. The SMILES string of the molecule is COC1C(O)C(CO)OC(OC2C(O)C(CO)OC(OC3COC(OC4CCC5(C)C6=CCC78C(=O)OC(C)(CCCC(C)C)C7CCC8C6CCC5C4(C)C)C(OC4OC(OC5OC(CO)C(O)C(OC6OC(CO)C(O)C(OC)C6O)C5O)C(O)C(O)C4O)C3O)C2O)C1O. The third-order valence-electron chi connectivity index (χ3n) is 23.9. The minimum atomic E-state index is -2.21. The van der Waals surface area contributed by atoms with Crippen molar-refractivity contribution in [2.45, 2.75) is 296 Å². The van der Waals surface area contributed by atoms with Gasteiger partial charge in [-0.15, -0.1) is 0 Å². The van der Waals surface area contributed by atoms with E-state index in [9.17, 15) is 86.5 Å². The third-order valence-corrected chi connectivity index (χ3v) is 23.9. The fourth-order valence-corrected chi connectivity index (χ4v) is 18.6. The van der Waals surface area contributed by atoms with E-state index in [1.807, 2.05) is 0 Å². The highest BCUT2D eigenvalue weighted by molar-refractivity contribution is 5.82. The van der Waals surface area contributed by atoms with Gasteiger partial charge in [0, 0.05) is 20.1 Å². The summed E-state index contributed by atoms with van der Waals surface area (Å²) in [5, 5.41) is 178. The molecule has 0 amide bonds. The molecule has 0 aromatic heterocycles. The Labute approximate surface area is 562 Å². The summed E-state index contributed by atoms with van der Waals surface area (Å²) in [5.74, 6) is 0.878. The van der Waals surface area contributed by atoms with Crippen LogP contribution in [0.1, 0.15) is 106 Å². The van der Waals surface area contributed by atoms with E-state index in [1.165, 1.54) is 12.7 Å². The van der Waals surface area contributed by atoms with Crippen molar-refractivity contribution < 1.29 is 158 Å². The van der Waals surface area contributed by atoms with Gasteiger partial charge in [-0.05, 0) is 99.2 Å². The lowest BCUT2D eigenvalue weighted by atomic mass is 9.44. The van der Waals surface area contributed by atoms with Crippen LogP contribution < -0.4 is 0 Å². The van der Waals surface area contributed by atoms with Crippen LogP contribution in [0.2, 0.25) is 0 Å². The summed E-state index contributed by atoms with van der Waals surface area (Å²) in [6.07, 6.45) is -42.6. The molecule has 32 heteroatoms. The first-order valence-electron chi connectivity index (χ1n) is 34.4. The molecule has 1 spiro atoms. The van der Waals surface area contributed by atoms with Gasteiger partial charge in [0.1, 0.15) is 140 Å². The predicted octanol–water partition coefficient (Wildman–Crippen LogP) is -4.47. The number of rotatable bonds is 22. The maximum atomic E-state index is 14.4. The molecule has 16 N–H and O–H groups in total. The maximum Gasteiger partial charge on any atom is 0.313 e. The molecule has 0 radical (unpaired) electrons. The molecule has 97 heavy (non-hydrogen) atoms. The van der Waals surface area contributed by atoms with E-state index in [-0.39, 0.29) is 35.1 Å². The van der Waals surface area contributed by atoms with Gasteiger partial charge in [0.15, 0.2) is 44.0 Å². The molecule has 4 aliphatic carbocycles. The molecule has 32 nitrogen and oxygen atoms in total. The highest BCUT2D eigenvalue weighted by atomic mass is 16.8. The molecule has 11 aliphatic rings. The van der Waals surface area contributed by atoms with Gasteiger partial charge < -0.3 is 153 Å². The van der Waals surface area contributed by atoms with Gasteiger partial charge in [0.25, 0.3) is 0 Å². The molecular formula is C65H106O32. The van der Waals surface area contributed by atoms with E-state index in [4.69, 9.17) is 71.1 Å². The van der Waals surface area contributed by atoms with Gasteiger partial charge in [-0.1, -0.05) is 52.7 Å². The Morgan fingerprint density at radius 1 is 0.495 bits per heavy atom. The van der Waals surface area contributed by atoms with Crippen LogP contribution in [0.5, 0.6) is 0 Å². The lowest BCUT2D eigenvalue weighted by molar-refractivity contribution is -0.423. The van der Waals surface area contributed by atoms with Gasteiger partial charge in [0.05, 0.1) is 44.6 Å². The summed E-state index contributed by atoms with van der Waals surface area (Å²) in [6.45, 7) is 9.11. The second-order valence-corrected chi connectivity index (χ2v) is 30.1. The third kappa shape index (κ3) is 13.7. The maximum absolute atomic E-state index is 14.4. The Morgan fingerprint density at radius 3 is 1.47 bits per heavy atom. The molecule has 10 fully saturated rings. The van der Waals surface area contributed by atoms with Crippen LogP contribution in [0.15, 0.2) is 11.6 Å². The van der Waals surface area contributed by atoms with Crippen molar-refractivity contribution in [1.29, 1.82) is 0 Å². The highest BCUT2D eigenvalue weighted by Crippen LogP contribution is 2.71. The van der Waals surface area contributed by atoms with Crippen LogP contribution in [-0.4, -0.2) is 325 Å². The number of hydrogen-bond donors (Lipinski definition) is 16. The number of carbonyl (C=O) groups is 1. The number of methoxy groups -OCH3 is 2. The highest BCUT2D eigenvalue weighted by Gasteiger charge is 2.72. The van der Waals surface area contributed by atoms with E-state index in [0.717, 1.165) is 52.1 Å². The number of allylic oxidation sites excluding steroid dienone is 2. The molecule has 3 saturated carbocycles. The van der Waals surface area contributed by atoms with Crippen molar-refractivity contribution in [3.8, 4) is 0 Å². The first kappa shape index (κ1) is 76.1. The minimum absolute atomic E-state index is 0.00291. The molecule has 0 bridgehead atoms. The van der Waals surface area contributed by atoms with Gasteiger partial charge in [-0.3, -0.25) is 4.79 Å². The predicted molar refractivity (Wildman–Crippen MR) is 322 cm³/mol. The van der Waals surface area contributed by atoms with E-state index in [2.05, 4.69) is 47.6 Å². The molecule has 7 heterocycles. The molecule has 558 valence electrons. The number of aliphatic hydroxyl groups excluding tert-OH is 16. The molecule has 7 aliphatic heterocycles. The molecule has 11 rings (SSSR count). The van der Waals surface area contributed by atoms with Crippen molar-refractivity contribution in [3.05, 3.63) is 11.6 Å². The Morgan fingerprint density at radius 2 is 0.959 bits per heavy atom. The Hall–Kier alpha value is -1.99. The summed E-state index contributed by atoms with van der Waals surface area (Å²) in [5.41, 5.74) is -0.751. The zero-order valence-electron chi connectivity index (χ0n) is 56.1. The van der Waals surface area contributed by atoms with E-state index in [1.54, 1.807) is 0 Å². The number of ether oxygens (including phenoxy) is 15. The van der Waals surface area contributed by atoms with Crippen LogP contribution in [0, 0.1) is 45.8 Å². The number of aliphatic hydroxyl groups is 16. The zero-order chi connectivity index (χ0) is 70.3. The van der Waals surface area contributed by atoms with Crippen molar-refractivity contribution >= 4 is 5.97 Å². The fourth-order valence-electron chi connectivity index (χ4n) is 18.6. The molecule has 0 aromatic carbocycles. The lowest BCUT2D eigenvalue weighted by Gasteiger charge is -2.62. The van der Waals surface area contributed by atoms with Crippen molar-refractivity contribution in [1.82, 2.24) is 0 Å². The van der Waals surface area contributed by atoms with E-state index < -0.39 is 234 Å². The number of cyclic esters (lactones) is 1. The minimum Gasteiger partial charge on any atom is -0.459 e. The van der Waals surface area contributed by atoms with Crippen LogP contribution in [0.25, 0.3) is 0 Å². The largest absolute Gasteiger partial charge is 0.459 e. The Balaban J connectivity index is 0.846. The molecule has 0 aromatic rings. The Bertz CT molecular complexity index is 2650. The first-order chi connectivity index (χ1) is 46.0. The van der Waals surface area contributed by atoms with Crippen LogP contribution in [-0.2, 0) is 75.8 Å². The molecule has 37 atom stereocenters. The smallest absolute Gasteiger partial charge is 0.313 e. The average molecular weight is 1400 g/mol. The molecule has 37 unspecified atom stereocenters. The van der Waals surface area contributed by atoms with Crippen LogP contribution in [0.4, 0.5) is 0 Å². The first-order valence-corrected chi connectivity index (χ1v) is 34.4. The van der Waals surface area contributed by atoms with Gasteiger partial charge >= 0.3 is 5.97 Å². The number of esters is 1. The van der Waals surface area contributed by atoms with E-state index in [0.29, 0.717) is 25.2 Å². The monoisotopic (exact) mass is 1400 g/mol. The standard InChI is InChI=1S/C65H106O32/c1-25(2)10-9-17-64(6)35-14-12-28-26-11-13-34-62(3,4)36(16-18-63(34,5)27(26)15-19-65(28,35)61(82)97-64)91-60-53(41(74)33(24-85-60)90-56-47(80)51(39(72)31(22-68)86-56)92-57-45(78)49(83-7)37(70)29(20-66)87-57)94-54-43(76)42(75)44(77)55(95-54)96-59-48(81)52(40(73)32(23-69)89-59)93-58-46(79)50(84-8)38(71)30(21-67)88-58/h15,25-26,28-60,66-81H,9-14,16-24H2,1-8H3. The van der Waals surface area contributed by atoms with E-state index >= 15 is 0 Å². The summed E-state index contributed by atoms with van der Waals surface area (Å²) in [4.78, 5) is 14.4. The number of carbonyl (C=O) groups excluding carboxylic acids is 1. The summed E-state index contributed by atoms with van der Waals surface area (Å²) >= 11 is 0. The fraction of sp³-hybridized carbons (Fsp3) is 0.954. The average Bonchev–Trinajstić information content (AvgIpc) is 1.59. The quantitative estimate of drug-likeness (QED) is 0.0276. The van der Waals surface area contributed by atoms with Crippen molar-refractivity contribution in [2.75, 3.05) is 47.3 Å². The zero-order valence-corrected chi connectivity index (χ0v) is 56.1. The van der Waals surface area contributed by atoms with Gasteiger partial charge in [0.2, 0.25) is 0 Å². The van der Waals surface area contributed by atoms with Gasteiger partial charge in [-0.25, -0.2) is 0 Å². The van der Waals surface area contributed by atoms with Crippen LogP contribution in [0.3, 0.4) is 0 Å². The number of fused-ring (bicyclic) bond motifs is 4. The topological polar surface area (TPSA) is 479 Å². The molecule has 7 saturated heterocycles. The summed E-state index contributed by atoms with van der Waals surface area (Å²) in [6, 6.07) is 0. The van der Waals surface area contributed by atoms with Crippen molar-refractivity contribution in [2.24, 2.45) is 45.8 Å². The summed E-state index contributed by atoms with van der Waals surface area (Å²) < 4.78 is 89.5. The van der Waals surface area contributed by atoms with Crippen LogP contribution >= 0.6 is 0 Å². The normalized spacial score (nSPS) is 52.2. The van der Waals surface area contributed by atoms with Crippen molar-refractivity contribution in [3.63, 3.8) is 0 Å². The number of hydrogen-bond acceptors (Lipinski definition) is 32. The summed E-state index contributed by atoms with van der Waals surface area (Å²) in [7, 11) is 2.34. The second kappa shape index (κ2) is 30.2.